The summed E-state index contributed by atoms with van der Waals surface area (Å²) < 4.78 is 4.94. The maximum atomic E-state index is 10.8. The van der Waals surface area contributed by atoms with E-state index >= 15 is 0 Å². The summed E-state index contributed by atoms with van der Waals surface area (Å²) in [4.78, 5) is 10.8. The zero-order valence-corrected chi connectivity index (χ0v) is 10.5. The summed E-state index contributed by atoms with van der Waals surface area (Å²) in [5.41, 5.74) is 4.77. The Labute approximate surface area is 111 Å². The van der Waals surface area contributed by atoms with E-state index in [9.17, 15) is 4.79 Å². The van der Waals surface area contributed by atoms with Crippen molar-refractivity contribution in [1.29, 1.82) is 0 Å². The maximum Gasteiger partial charge on any atom is 0.308 e. The first-order valence-electron chi connectivity index (χ1n) is 5.86. The van der Waals surface area contributed by atoms with E-state index in [1.165, 1.54) is 6.92 Å². The molecule has 0 aliphatic heterocycles. The van der Waals surface area contributed by atoms with Gasteiger partial charge in [0.25, 0.3) is 0 Å². The number of hydrogen-bond donors (Lipinski definition) is 1. The van der Waals surface area contributed by atoms with Crippen LogP contribution in [0.15, 0.2) is 59.7 Å². The monoisotopic (exact) mass is 254 g/mol. The van der Waals surface area contributed by atoms with Crippen LogP contribution in [0, 0.1) is 0 Å². The summed E-state index contributed by atoms with van der Waals surface area (Å²) in [6.45, 7) is 1.37. The van der Waals surface area contributed by atoms with Crippen molar-refractivity contribution < 1.29 is 9.53 Å². The highest BCUT2D eigenvalue weighted by Gasteiger charge is 1.96. The molecule has 1 N–H and O–H groups in total. The number of benzene rings is 2. The molecular formula is C15H14N2O2. The van der Waals surface area contributed by atoms with Gasteiger partial charge in [-0.25, -0.2) is 0 Å². The Bertz CT molecular complexity index is 562. The number of esters is 1. The fourth-order valence-corrected chi connectivity index (χ4v) is 1.48. The Balaban J connectivity index is 1.94. The number of hydrazone groups is 1. The van der Waals surface area contributed by atoms with E-state index in [2.05, 4.69) is 10.5 Å². The molecule has 0 saturated heterocycles. The minimum Gasteiger partial charge on any atom is -0.427 e. The third kappa shape index (κ3) is 4.27. The number of carbonyl (C=O) groups is 1. The number of para-hydroxylation sites is 1. The van der Waals surface area contributed by atoms with E-state index in [1.807, 2.05) is 42.5 Å². The summed E-state index contributed by atoms with van der Waals surface area (Å²) in [6.07, 6.45) is 1.70. The third-order valence-corrected chi connectivity index (χ3v) is 2.32. The molecule has 96 valence electrons. The lowest BCUT2D eigenvalue weighted by Crippen LogP contribution is -2.01. The molecule has 2 aromatic carbocycles. The average Bonchev–Trinajstić information content (AvgIpc) is 2.41. The Kier molecular flexibility index (Phi) is 4.29. The molecule has 2 aromatic rings. The van der Waals surface area contributed by atoms with E-state index in [1.54, 1.807) is 18.3 Å². The van der Waals surface area contributed by atoms with Crippen LogP contribution in [0.5, 0.6) is 5.75 Å². The van der Waals surface area contributed by atoms with Gasteiger partial charge in [-0.1, -0.05) is 18.2 Å². The van der Waals surface area contributed by atoms with Gasteiger partial charge in [0.2, 0.25) is 0 Å². The van der Waals surface area contributed by atoms with Crippen molar-refractivity contribution in [1.82, 2.24) is 0 Å². The Morgan fingerprint density at radius 1 is 1.11 bits per heavy atom. The van der Waals surface area contributed by atoms with Gasteiger partial charge in [-0.05, 0) is 42.0 Å². The molecular weight excluding hydrogens is 240 g/mol. The molecule has 0 aromatic heterocycles. The molecule has 19 heavy (non-hydrogen) atoms. The predicted molar refractivity (Wildman–Crippen MR) is 75.4 cm³/mol. The zero-order chi connectivity index (χ0) is 13.5. The van der Waals surface area contributed by atoms with E-state index in [-0.39, 0.29) is 5.97 Å². The second-order valence-electron chi connectivity index (χ2n) is 3.90. The number of nitrogens with one attached hydrogen (secondary N) is 1. The van der Waals surface area contributed by atoms with E-state index < -0.39 is 0 Å². The first kappa shape index (κ1) is 12.8. The molecule has 0 atom stereocenters. The van der Waals surface area contributed by atoms with Crippen molar-refractivity contribution in [3.05, 3.63) is 60.2 Å². The average molecular weight is 254 g/mol. The number of carbonyl (C=O) groups excluding carboxylic acids is 1. The van der Waals surface area contributed by atoms with Crippen molar-refractivity contribution in [2.24, 2.45) is 5.10 Å². The minimum absolute atomic E-state index is 0.327. The number of hydrogen-bond acceptors (Lipinski definition) is 4. The molecule has 0 radical (unpaired) electrons. The summed E-state index contributed by atoms with van der Waals surface area (Å²) in [7, 11) is 0. The van der Waals surface area contributed by atoms with Gasteiger partial charge >= 0.3 is 5.97 Å². The van der Waals surface area contributed by atoms with Gasteiger partial charge in [0.1, 0.15) is 5.75 Å². The van der Waals surface area contributed by atoms with Crippen molar-refractivity contribution in [3.63, 3.8) is 0 Å². The van der Waals surface area contributed by atoms with Gasteiger partial charge in [0.05, 0.1) is 11.9 Å². The fourth-order valence-electron chi connectivity index (χ4n) is 1.48. The molecule has 0 saturated carbocycles. The van der Waals surface area contributed by atoms with Crippen molar-refractivity contribution in [2.75, 3.05) is 5.43 Å². The molecule has 0 spiro atoms. The fraction of sp³-hybridized carbons (Fsp3) is 0.0667. The highest BCUT2D eigenvalue weighted by atomic mass is 16.5. The summed E-state index contributed by atoms with van der Waals surface area (Å²) >= 11 is 0. The molecule has 0 fully saturated rings. The van der Waals surface area contributed by atoms with Gasteiger partial charge in [-0.2, -0.15) is 5.10 Å². The summed E-state index contributed by atoms with van der Waals surface area (Å²) in [6, 6.07) is 16.8. The van der Waals surface area contributed by atoms with Gasteiger partial charge in [0.15, 0.2) is 0 Å². The lowest BCUT2D eigenvalue weighted by Gasteiger charge is -2.01. The van der Waals surface area contributed by atoms with Gasteiger partial charge in [-0.3, -0.25) is 10.2 Å². The van der Waals surface area contributed by atoms with E-state index in [0.717, 1.165) is 11.3 Å². The zero-order valence-electron chi connectivity index (χ0n) is 10.5. The number of ether oxygens (including phenoxy) is 1. The molecule has 4 nitrogen and oxygen atoms in total. The lowest BCUT2D eigenvalue weighted by atomic mass is 10.2. The predicted octanol–water partition coefficient (Wildman–Crippen LogP) is 3.06. The quantitative estimate of drug-likeness (QED) is 0.395. The first-order valence-corrected chi connectivity index (χ1v) is 5.86. The van der Waals surface area contributed by atoms with E-state index in [0.29, 0.717) is 5.75 Å². The first-order chi connectivity index (χ1) is 9.24. The molecule has 4 heteroatoms. The van der Waals surface area contributed by atoms with Crippen molar-refractivity contribution in [2.45, 2.75) is 6.92 Å². The van der Waals surface area contributed by atoms with E-state index in [4.69, 9.17) is 4.74 Å². The largest absolute Gasteiger partial charge is 0.427 e. The standard InChI is InChI=1S/C15H14N2O2/c1-12(18)19-15-9-7-13(8-10-15)11-16-17-14-5-3-2-4-6-14/h2-11,17H,1H3. The summed E-state index contributed by atoms with van der Waals surface area (Å²) in [5, 5.41) is 4.12. The van der Waals surface area contributed by atoms with Gasteiger partial charge in [0, 0.05) is 6.92 Å². The van der Waals surface area contributed by atoms with Crippen molar-refractivity contribution >= 4 is 17.9 Å². The highest BCUT2D eigenvalue weighted by Crippen LogP contribution is 2.11. The topological polar surface area (TPSA) is 50.7 Å². The number of rotatable bonds is 4. The molecule has 0 aliphatic carbocycles. The molecule has 0 amide bonds. The maximum absolute atomic E-state index is 10.8. The molecule has 2 rings (SSSR count). The Hall–Kier alpha value is -2.62. The van der Waals surface area contributed by atoms with Crippen LogP contribution < -0.4 is 10.2 Å². The lowest BCUT2D eigenvalue weighted by molar-refractivity contribution is -0.131. The minimum atomic E-state index is -0.327. The van der Waals surface area contributed by atoms with Gasteiger partial charge in [-0.15, -0.1) is 0 Å². The van der Waals surface area contributed by atoms with Crippen LogP contribution in [0.2, 0.25) is 0 Å². The van der Waals surface area contributed by atoms with Crippen LogP contribution in [0.25, 0.3) is 0 Å². The van der Waals surface area contributed by atoms with Crippen LogP contribution in [0.4, 0.5) is 5.69 Å². The second-order valence-corrected chi connectivity index (χ2v) is 3.90. The smallest absolute Gasteiger partial charge is 0.308 e. The Morgan fingerprint density at radius 3 is 2.42 bits per heavy atom. The molecule has 0 aliphatic rings. The van der Waals surface area contributed by atoms with Crippen LogP contribution in [0.1, 0.15) is 12.5 Å². The SMILES string of the molecule is CC(=O)Oc1ccc(C=NNc2ccccc2)cc1. The van der Waals surface area contributed by atoms with Crippen LogP contribution in [-0.4, -0.2) is 12.2 Å². The van der Waals surface area contributed by atoms with Gasteiger partial charge < -0.3 is 4.74 Å². The number of nitrogens with zero attached hydrogens (tertiary/aromatic N) is 1. The van der Waals surface area contributed by atoms with Crippen LogP contribution >= 0.6 is 0 Å². The van der Waals surface area contributed by atoms with Crippen LogP contribution in [0.3, 0.4) is 0 Å². The second kappa shape index (κ2) is 6.35. The molecule has 0 unspecified atom stereocenters. The highest BCUT2D eigenvalue weighted by molar-refractivity contribution is 5.80. The normalized spacial score (nSPS) is 10.4. The number of anilines is 1. The molecule has 0 bridgehead atoms. The Morgan fingerprint density at radius 2 is 1.79 bits per heavy atom. The molecule has 0 heterocycles. The van der Waals surface area contributed by atoms with Crippen molar-refractivity contribution in [3.8, 4) is 5.75 Å². The summed E-state index contributed by atoms with van der Waals surface area (Å²) in [5.74, 6) is 0.202. The third-order valence-electron chi connectivity index (χ3n) is 2.32. The van der Waals surface area contributed by atoms with Crippen LogP contribution in [-0.2, 0) is 4.79 Å².